The second-order valence-electron chi connectivity index (χ2n) is 4.53. The van der Waals surface area contributed by atoms with Crippen LogP contribution in [0.4, 0.5) is 5.69 Å². The molecule has 0 unspecified atom stereocenters. The Balaban J connectivity index is 2.06. The lowest BCUT2D eigenvalue weighted by Gasteiger charge is -2.13. The van der Waals surface area contributed by atoms with E-state index in [1.165, 1.54) is 0 Å². The van der Waals surface area contributed by atoms with Gasteiger partial charge in [0.25, 0.3) is 0 Å². The monoisotopic (exact) mass is 283 g/mol. The number of para-hydroxylation sites is 1. The van der Waals surface area contributed by atoms with E-state index >= 15 is 0 Å². The van der Waals surface area contributed by atoms with Crippen LogP contribution in [0.2, 0.25) is 0 Å². The number of hydrogen-bond donors (Lipinski definition) is 1. The minimum absolute atomic E-state index is 0.474. The van der Waals surface area contributed by atoms with Gasteiger partial charge in [-0.05, 0) is 36.8 Å². The summed E-state index contributed by atoms with van der Waals surface area (Å²) in [6.45, 7) is 7.45. The molecule has 0 radical (unpaired) electrons. The zero-order valence-electron chi connectivity index (χ0n) is 12.3. The fourth-order valence-electron chi connectivity index (χ4n) is 1.96. The van der Waals surface area contributed by atoms with Gasteiger partial charge in [0.15, 0.2) is 11.5 Å². The molecule has 0 fully saturated rings. The zero-order valence-corrected chi connectivity index (χ0v) is 12.3. The van der Waals surface area contributed by atoms with Gasteiger partial charge in [0, 0.05) is 12.2 Å². The molecule has 0 atom stereocenters. The highest BCUT2D eigenvalue weighted by molar-refractivity contribution is 5.46. The molecule has 1 N–H and O–H groups in total. The van der Waals surface area contributed by atoms with Gasteiger partial charge in [0.1, 0.15) is 6.61 Å². The molecule has 3 nitrogen and oxygen atoms in total. The van der Waals surface area contributed by atoms with Crippen molar-refractivity contribution < 1.29 is 9.47 Å². The maximum absolute atomic E-state index is 5.64. The molecule has 2 rings (SSSR count). The third kappa shape index (κ3) is 4.56. The van der Waals surface area contributed by atoms with Crippen LogP contribution < -0.4 is 14.8 Å². The lowest BCUT2D eigenvalue weighted by Crippen LogP contribution is -2.02. The van der Waals surface area contributed by atoms with Crippen molar-refractivity contribution in [2.45, 2.75) is 13.5 Å². The number of hydrogen-bond acceptors (Lipinski definition) is 3. The SMILES string of the molecule is C=CCOc1ccc(CNc2ccccc2)cc1OCC. The average Bonchev–Trinajstić information content (AvgIpc) is 2.53. The second kappa shape index (κ2) is 8.00. The largest absolute Gasteiger partial charge is 0.490 e. The topological polar surface area (TPSA) is 30.5 Å². The summed E-state index contributed by atoms with van der Waals surface area (Å²) in [5, 5.41) is 3.38. The molecule has 0 heterocycles. The van der Waals surface area contributed by atoms with Crippen molar-refractivity contribution in [1.82, 2.24) is 0 Å². The Hall–Kier alpha value is -2.42. The van der Waals surface area contributed by atoms with Gasteiger partial charge in [-0.15, -0.1) is 0 Å². The van der Waals surface area contributed by atoms with E-state index in [9.17, 15) is 0 Å². The van der Waals surface area contributed by atoms with Crippen molar-refractivity contribution in [3.8, 4) is 11.5 Å². The molecule has 2 aromatic carbocycles. The Kier molecular flexibility index (Phi) is 5.71. The van der Waals surface area contributed by atoms with E-state index in [1.807, 2.05) is 55.5 Å². The summed E-state index contributed by atoms with van der Waals surface area (Å²) < 4.78 is 11.2. The van der Waals surface area contributed by atoms with Gasteiger partial charge in [-0.1, -0.05) is 36.9 Å². The summed E-state index contributed by atoms with van der Waals surface area (Å²) in [5.74, 6) is 1.52. The van der Waals surface area contributed by atoms with Crippen molar-refractivity contribution in [2.24, 2.45) is 0 Å². The Labute approximate surface area is 126 Å². The molecule has 0 spiro atoms. The predicted octanol–water partition coefficient (Wildman–Crippen LogP) is 4.26. The minimum atomic E-state index is 0.474. The Bertz CT molecular complexity index is 567. The smallest absolute Gasteiger partial charge is 0.161 e. The van der Waals surface area contributed by atoms with E-state index in [0.29, 0.717) is 13.2 Å². The van der Waals surface area contributed by atoms with Crippen LogP contribution in [-0.2, 0) is 6.54 Å². The van der Waals surface area contributed by atoms with Crippen LogP contribution in [0.5, 0.6) is 11.5 Å². The number of benzene rings is 2. The number of ether oxygens (including phenoxy) is 2. The molecule has 2 aromatic rings. The molecule has 3 heteroatoms. The van der Waals surface area contributed by atoms with Crippen molar-refractivity contribution in [1.29, 1.82) is 0 Å². The third-order valence-electron chi connectivity index (χ3n) is 2.94. The second-order valence-corrected chi connectivity index (χ2v) is 4.53. The fourth-order valence-corrected chi connectivity index (χ4v) is 1.96. The summed E-state index contributed by atoms with van der Waals surface area (Å²) >= 11 is 0. The summed E-state index contributed by atoms with van der Waals surface area (Å²) in [6.07, 6.45) is 1.72. The van der Waals surface area contributed by atoms with Crippen LogP contribution in [0.3, 0.4) is 0 Å². The molecule has 0 aromatic heterocycles. The molecule has 0 amide bonds. The first-order valence-electron chi connectivity index (χ1n) is 7.12. The highest BCUT2D eigenvalue weighted by Crippen LogP contribution is 2.28. The van der Waals surface area contributed by atoms with E-state index in [2.05, 4.69) is 11.9 Å². The molecule has 0 bridgehead atoms. The van der Waals surface area contributed by atoms with Gasteiger partial charge >= 0.3 is 0 Å². The third-order valence-corrected chi connectivity index (χ3v) is 2.94. The Morgan fingerprint density at radius 3 is 2.57 bits per heavy atom. The lowest BCUT2D eigenvalue weighted by molar-refractivity contribution is 0.296. The molecule has 0 aliphatic rings. The fraction of sp³-hybridized carbons (Fsp3) is 0.222. The predicted molar refractivity (Wildman–Crippen MR) is 87.1 cm³/mol. The molecular weight excluding hydrogens is 262 g/mol. The quantitative estimate of drug-likeness (QED) is 0.734. The van der Waals surface area contributed by atoms with Gasteiger partial charge < -0.3 is 14.8 Å². The average molecular weight is 283 g/mol. The van der Waals surface area contributed by atoms with E-state index < -0.39 is 0 Å². The van der Waals surface area contributed by atoms with Crippen molar-refractivity contribution in [3.63, 3.8) is 0 Å². The van der Waals surface area contributed by atoms with Gasteiger partial charge in [-0.2, -0.15) is 0 Å². The Morgan fingerprint density at radius 1 is 1.05 bits per heavy atom. The van der Waals surface area contributed by atoms with Gasteiger partial charge in [-0.25, -0.2) is 0 Å². The van der Waals surface area contributed by atoms with Crippen LogP contribution in [0.15, 0.2) is 61.2 Å². The molecule has 21 heavy (non-hydrogen) atoms. The van der Waals surface area contributed by atoms with Crippen molar-refractivity contribution in [3.05, 3.63) is 66.7 Å². The molecule has 0 aliphatic carbocycles. The molecule has 0 aliphatic heterocycles. The van der Waals surface area contributed by atoms with Crippen molar-refractivity contribution in [2.75, 3.05) is 18.5 Å². The summed E-state index contributed by atoms with van der Waals surface area (Å²) in [5.41, 5.74) is 2.25. The lowest BCUT2D eigenvalue weighted by atomic mass is 10.2. The number of anilines is 1. The molecule has 110 valence electrons. The molecule has 0 saturated heterocycles. The van der Waals surface area contributed by atoms with Crippen molar-refractivity contribution >= 4 is 5.69 Å². The minimum Gasteiger partial charge on any atom is -0.490 e. The van der Waals surface area contributed by atoms with Gasteiger partial charge in [0.2, 0.25) is 0 Å². The number of nitrogens with one attached hydrogen (secondary N) is 1. The van der Waals surface area contributed by atoms with E-state index in [1.54, 1.807) is 6.08 Å². The van der Waals surface area contributed by atoms with E-state index in [0.717, 1.165) is 29.3 Å². The zero-order chi connectivity index (χ0) is 14.9. The van der Waals surface area contributed by atoms with Crippen LogP contribution in [0.25, 0.3) is 0 Å². The Morgan fingerprint density at radius 2 is 1.86 bits per heavy atom. The van der Waals surface area contributed by atoms with Crippen LogP contribution in [0, 0.1) is 0 Å². The van der Waals surface area contributed by atoms with Crippen LogP contribution in [0.1, 0.15) is 12.5 Å². The van der Waals surface area contributed by atoms with Crippen LogP contribution >= 0.6 is 0 Å². The first-order valence-corrected chi connectivity index (χ1v) is 7.12. The highest BCUT2D eigenvalue weighted by atomic mass is 16.5. The maximum Gasteiger partial charge on any atom is 0.161 e. The highest BCUT2D eigenvalue weighted by Gasteiger charge is 2.06. The van der Waals surface area contributed by atoms with Gasteiger partial charge in [-0.3, -0.25) is 0 Å². The standard InChI is InChI=1S/C18H21NO2/c1-3-12-21-17-11-10-15(13-18(17)20-4-2)14-19-16-8-6-5-7-9-16/h3,5-11,13,19H,1,4,12,14H2,2H3. The first-order chi connectivity index (χ1) is 10.3. The van der Waals surface area contributed by atoms with Gasteiger partial charge in [0.05, 0.1) is 6.61 Å². The summed E-state index contributed by atoms with van der Waals surface area (Å²) in [6, 6.07) is 16.1. The maximum atomic E-state index is 5.64. The number of rotatable bonds is 8. The first kappa shape index (κ1) is 15.0. The van der Waals surface area contributed by atoms with Crippen LogP contribution in [-0.4, -0.2) is 13.2 Å². The normalized spacial score (nSPS) is 9.95. The summed E-state index contributed by atoms with van der Waals surface area (Å²) in [4.78, 5) is 0. The molecule has 0 saturated carbocycles. The summed E-state index contributed by atoms with van der Waals surface area (Å²) in [7, 11) is 0. The van der Waals surface area contributed by atoms with E-state index in [4.69, 9.17) is 9.47 Å². The van der Waals surface area contributed by atoms with E-state index in [-0.39, 0.29) is 0 Å². The molecular formula is C18H21NO2.